The van der Waals surface area contributed by atoms with Gasteiger partial charge in [-0.05, 0) is 24.8 Å². The van der Waals surface area contributed by atoms with Crippen molar-refractivity contribution in [2.75, 3.05) is 7.11 Å². The number of nitrogens with two attached hydrogens (primary N) is 1. The minimum atomic E-state index is -0.509. The molecule has 1 atom stereocenters. The van der Waals surface area contributed by atoms with E-state index in [1.54, 1.807) is 6.07 Å². The summed E-state index contributed by atoms with van der Waals surface area (Å²) in [5.41, 5.74) is 6.45. The molecule has 1 saturated carbocycles. The van der Waals surface area contributed by atoms with Crippen LogP contribution in [0.25, 0.3) is 11.5 Å². The lowest BCUT2D eigenvalue weighted by Gasteiger charge is -2.03. The molecule has 1 fully saturated rings. The number of nitro benzene ring substituents is 1. The van der Waals surface area contributed by atoms with E-state index >= 15 is 0 Å². The van der Waals surface area contributed by atoms with Crippen LogP contribution in [-0.2, 0) is 0 Å². The molecule has 0 saturated heterocycles. The maximum Gasteiger partial charge on any atom is 0.310 e. The van der Waals surface area contributed by atoms with Gasteiger partial charge < -0.3 is 15.0 Å². The average molecular weight is 290 g/mol. The van der Waals surface area contributed by atoms with Gasteiger partial charge in [-0.3, -0.25) is 10.1 Å². The molecule has 3 rings (SSSR count). The third-order valence-electron chi connectivity index (χ3n) is 3.49. The van der Waals surface area contributed by atoms with Crippen molar-refractivity contribution in [2.24, 2.45) is 11.7 Å². The van der Waals surface area contributed by atoms with Crippen molar-refractivity contribution < 1.29 is 14.2 Å². The SMILES string of the molecule is COc1cc(-c2nc(C(N)C3CC3)no2)ccc1[N+](=O)[O-]. The summed E-state index contributed by atoms with van der Waals surface area (Å²) in [5, 5.41) is 14.7. The molecule has 1 aliphatic carbocycles. The second kappa shape index (κ2) is 5.13. The Labute approximate surface area is 120 Å². The normalized spacial score (nSPS) is 15.7. The quantitative estimate of drug-likeness (QED) is 0.661. The van der Waals surface area contributed by atoms with Gasteiger partial charge in [0.05, 0.1) is 18.1 Å². The maximum atomic E-state index is 10.9. The first-order valence-corrected chi connectivity index (χ1v) is 6.52. The Bertz CT molecular complexity index is 681. The van der Waals surface area contributed by atoms with E-state index in [-0.39, 0.29) is 23.4 Å². The lowest BCUT2D eigenvalue weighted by Crippen LogP contribution is -2.13. The van der Waals surface area contributed by atoms with Gasteiger partial charge >= 0.3 is 5.69 Å². The molecule has 8 nitrogen and oxygen atoms in total. The Morgan fingerprint density at radius 2 is 2.29 bits per heavy atom. The first-order valence-electron chi connectivity index (χ1n) is 6.52. The van der Waals surface area contributed by atoms with Crippen molar-refractivity contribution in [3.05, 3.63) is 34.1 Å². The fraction of sp³-hybridized carbons (Fsp3) is 0.385. The van der Waals surface area contributed by atoms with Crippen molar-refractivity contribution in [3.63, 3.8) is 0 Å². The fourth-order valence-electron chi connectivity index (χ4n) is 2.12. The van der Waals surface area contributed by atoms with Gasteiger partial charge in [0.1, 0.15) is 0 Å². The molecular weight excluding hydrogens is 276 g/mol. The van der Waals surface area contributed by atoms with Gasteiger partial charge in [-0.15, -0.1) is 0 Å². The molecule has 1 aromatic carbocycles. The van der Waals surface area contributed by atoms with E-state index < -0.39 is 4.92 Å². The molecule has 0 bridgehead atoms. The summed E-state index contributed by atoms with van der Waals surface area (Å²) in [5.74, 6) is 1.30. The molecule has 110 valence electrons. The summed E-state index contributed by atoms with van der Waals surface area (Å²) in [6, 6.07) is 4.17. The van der Waals surface area contributed by atoms with Gasteiger partial charge in [-0.1, -0.05) is 5.16 Å². The summed E-state index contributed by atoms with van der Waals surface area (Å²) >= 11 is 0. The summed E-state index contributed by atoms with van der Waals surface area (Å²) in [7, 11) is 1.37. The van der Waals surface area contributed by atoms with Crippen LogP contribution < -0.4 is 10.5 Å². The molecular formula is C13H14N4O4. The number of aromatic nitrogens is 2. The zero-order valence-electron chi connectivity index (χ0n) is 11.4. The average Bonchev–Trinajstić information content (AvgIpc) is 3.22. The number of nitrogens with zero attached hydrogens (tertiary/aromatic N) is 3. The zero-order valence-corrected chi connectivity index (χ0v) is 11.4. The Hall–Kier alpha value is -2.48. The Balaban J connectivity index is 1.91. The molecule has 8 heteroatoms. The van der Waals surface area contributed by atoms with E-state index in [0.29, 0.717) is 17.3 Å². The molecule has 1 aromatic heterocycles. The van der Waals surface area contributed by atoms with E-state index in [1.807, 2.05) is 0 Å². The molecule has 1 heterocycles. The van der Waals surface area contributed by atoms with Crippen LogP contribution in [0.5, 0.6) is 5.75 Å². The highest BCUT2D eigenvalue weighted by atomic mass is 16.6. The molecule has 0 spiro atoms. The Morgan fingerprint density at radius 3 is 2.90 bits per heavy atom. The lowest BCUT2D eigenvalue weighted by molar-refractivity contribution is -0.385. The van der Waals surface area contributed by atoms with Crippen LogP contribution in [0, 0.1) is 16.0 Å². The minimum Gasteiger partial charge on any atom is -0.490 e. The predicted molar refractivity (Wildman–Crippen MR) is 72.6 cm³/mol. The van der Waals surface area contributed by atoms with E-state index in [2.05, 4.69) is 10.1 Å². The largest absolute Gasteiger partial charge is 0.490 e. The lowest BCUT2D eigenvalue weighted by atomic mass is 10.1. The van der Waals surface area contributed by atoms with Crippen LogP contribution in [0.2, 0.25) is 0 Å². The molecule has 1 aliphatic rings. The Morgan fingerprint density at radius 1 is 1.52 bits per heavy atom. The number of hydrogen-bond acceptors (Lipinski definition) is 7. The third-order valence-corrected chi connectivity index (χ3v) is 3.49. The van der Waals surface area contributed by atoms with Gasteiger partial charge in [0, 0.05) is 17.7 Å². The smallest absolute Gasteiger partial charge is 0.310 e. The first kappa shape index (κ1) is 13.5. The minimum absolute atomic E-state index is 0.115. The van der Waals surface area contributed by atoms with Gasteiger partial charge in [0.15, 0.2) is 11.6 Å². The highest BCUT2D eigenvalue weighted by Crippen LogP contribution is 2.39. The molecule has 1 unspecified atom stereocenters. The summed E-state index contributed by atoms with van der Waals surface area (Å²) in [4.78, 5) is 14.6. The fourth-order valence-corrected chi connectivity index (χ4v) is 2.12. The summed E-state index contributed by atoms with van der Waals surface area (Å²) in [6.45, 7) is 0. The first-order chi connectivity index (χ1) is 10.1. The van der Waals surface area contributed by atoms with E-state index in [4.69, 9.17) is 15.0 Å². The molecule has 2 aromatic rings. The number of ether oxygens (including phenoxy) is 1. The zero-order chi connectivity index (χ0) is 15.0. The van der Waals surface area contributed by atoms with Crippen LogP contribution >= 0.6 is 0 Å². The second-order valence-electron chi connectivity index (χ2n) is 4.96. The van der Waals surface area contributed by atoms with Gasteiger partial charge in [-0.25, -0.2) is 0 Å². The number of hydrogen-bond donors (Lipinski definition) is 1. The third kappa shape index (κ3) is 2.57. The van der Waals surface area contributed by atoms with Crippen LogP contribution in [0.4, 0.5) is 5.69 Å². The van der Waals surface area contributed by atoms with Crippen molar-refractivity contribution in [1.82, 2.24) is 10.1 Å². The number of benzene rings is 1. The van der Waals surface area contributed by atoms with E-state index in [9.17, 15) is 10.1 Å². The highest BCUT2D eigenvalue weighted by Gasteiger charge is 2.32. The van der Waals surface area contributed by atoms with Crippen LogP contribution in [0.15, 0.2) is 22.7 Å². The van der Waals surface area contributed by atoms with E-state index in [0.717, 1.165) is 12.8 Å². The Kier molecular flexibility index (Phi) is 3.30. The van der Waals surface area contributed by atoms with E-state index in [1.165, 1.54) is 19.2 Å². The van der Waals surface area contributed by atoms with Crippen molar-refractivity contribution >= 4 is 5.69 Å². The highest BCUT2D eigenvalue weighted by molar-refractivity contribution is 5.61. The van der Waals surface area contributed by atoms with Crippen LogP contribution in [0.3, 0.4) is 0 Å². The van der Waals surface area contributed by atoms with Crippen molar-refractivity contribution in [1.29, 1.82) is 0 Å². The maximum absolute atomic E-state index is 10.9. The number of rotatable bonds is 5. The van der Waals surface area contributed by atoms with Crippen LogP contribution in [0.1, 0.15) is 24.7 Å². The summed E-state index contributed by atoms with van der Waals surface area (Å²) in [6.07, 6.45) is 2.16. The second-order valence-corrected chi connectivity index (χ2v) is 4.96. The van der Waals surface area contributed by atoms with Gasteiger partial charge in [0.2, 0.25) is 0 Å². The monoisotopic (exact) mass is 290 g/mol. The molecule has 0 aliphatic heterocycles. The molecule has 21 heavy (non-hydrogen) atoms. The predicted octanol–water partition coefficient (Wildman–Crippen LogP) is 2.06. The van der Waals surface area contributed by atoms with Crippen molar-refractivity contribution in [3.8, 4) is 17.2 Å². The number of nitro groups is 1. The topological polar surface area (TPSA) is 117 Å². The molecule has 2 N–H and O–H groups in total. The van der Waals surface area contributed by atoms with Crippen LogP contribution in [-0.4, -0.2) is 22.2 Å². The van der Waals surface area contributed by atoms with Gasteiger partial charge in [-0.2, -0.15) is 4.98 Å². The van der Waals surface area contributed by atoms with Crippen molar-refractivity contribution in [2.45, 2.75) is 18.9 Å². The molecule has 0 radical (unpaired) electrons. The molecule has 0 amide bonds. The summed E-state index contributed by atoms with van der Waals surface area (Å²) < 4.78 is 10.2. The van der Waals surface area contributed by atoms with Gasteiger partial charge in [0.25, 0.3) is 5.89 Å². The standard InChI is InChI=1S/C13H14N4O4/c1-20-10-6-8(4-5-9(10)17(18)19)13-15-12(16-21-13)11(14)7-2-3-7/h4-7,11H,2-3,14H2,1H3. The number of methoxy groups -OCH3 is 1.